The molecule has 0 bridgehead atoms. The predicted molar refractivity (Wildman–Crippen MR) is 122 cm³/mol. The molecule has 3 rings (SSSR count). The highest BCUT2D eigenvalue weighted by molar-refractivity contribution is 7.98. The number of aryl methyl sites for hydroxylation is 2. The van der Waals surface area contributed by atoms with E-state index in [0.717, 1.165) is 33.2 Å². The number of hydrogen-bond acceptors (Lipinski definition) is 5. The molecule has 0 aliphatic rings. The van der Waals surface area contributed by atoms with Gasteiger partial charge in [-0.25, -0.2) is 4.98 Å². The number of anilines is 1. The number of fused-ring (bicyclic) bond motifs is 1. The first-order chi connectivity index (χ1) is 13.4. The first kappa shape index (κ1) is 20.8. The van der Waals surface area contributed by atoms with E-state index < -0.39 is 0 Å². The lowest BCUT2D eigenvalue weighted by molar-refractivity contribution is 0.0986. The lowest BCUT2D eigenvalue weighted by atomic mass is 10.1. The number of rotatable bonds is 7. The number of hydrogen-bond donors (Lipinski definition) is 0. The second kappa shape index (κ2) is 9.07. The normalized spacial score (nSPS) is 11.4. The van der Waals surface area contributed by atoms with Crippen LogP contribution in [0.15, 0.2) is 41.3 Å². The lowest BCUT2D eigenvalue weighted by Crippen LogP contribution is -2.33. The van der Waals surface area contributed by atoms with Gasteiger partial charge < -0.3 is 4.90 Å². The number of carbonyl (C=O) groups is 1. The Morgan fingerprint density at radius 2 is 1.75 bits per heavy atom. The zero-order chi connectivity index (χ0) is 20.3. The van der Waals surface area contributed by atoms with Crippen molar-refractivity contribution in [2.75, 3.05) is 38.3 Å². The van der Waals surface area contributed by atoms with Crippen molar-refractivity contribution in [3.05, 3.63) is 53.1 Å². The highest BCUT2D eigenvalue weighted by Gasteiger charge is 2.21. The average molecular weight is 414 g/mol. The SMILES string of the molecule is CSc1ccc(C(=O)N(CCCN(C)C)c2nc3cc(C)c(C)cc3s2)cc1. The molecule has 4 nitrogen and oxygen atoms in total. The van der Waals surface area contributed by atoms with Gasteiger partial charge in [-0.05, 0) is 94.7 Å². The number of thioether (sulfide) groups is 1. The van der Waals surface area contributed by atoms with E-state index in [9.17, 15) is 4.79 Å². The quantitative estimate of drug-likeness (QED) is 0.497. The standard InChI is InChI=1S/C22H27N3OS2/c1-15-13-19-20(14-16(15)2)28-22(23-19)25(12-6-11-24(3)4)21(26)17-7-9-18(27-5)10-8-17/h7-10,13-14H,6,11-12H2,1-5H3. The second-order valence-corrected chi connectivity index (χ2v) is 9.13. The van der Waals surface area contributed by atoms with Gasteiger partial charge >= 0.3 is 0 Å². The van der Waals surface area contributed by atoms with Crippen molar-refractivity contribution in [2.24, 2.45) is 0 Å². The van der Waals surface area contributed by atoms with Gasteiger partial charge in [-0.15, -0.1) is 11.8 Å². The molecule has 1 aromatic heterocycles. The highest BCUT2D eigenvalue weighted by Crippen LogP contribution is 2.32. The summed E-state index contributed by atoms with van der Waals surface area (Å²) < 4.78 is 1.13. The number of benzene rings is 2. The molecule has 1 amide bonds. The summed E-state index contributed by atoms with van der Waals surface area (Å²) in [5.74, 6) is 0.0129. The monoisotopic (exact) mass is 413 g/mol. The maximum absolute atomic E-state index is 13.3. The minimum atomic E-state index is 0.0129. The van der Waals surface area contributed by atoms with Crippen molar-refractivity contribution in [1.82, 2.24) is 9.88 Å². The molecule has 148 valence electrons. The molecule has 0 aliphatic carbocycles. The number of nitrogens with zero attached hydrogens (tertiary/aromatic N) is 3. The van der Waals surface area contributed by atoms with Crippen molar-refractivity contribution in [2.45, 2.75) is 25.2 Å². The van der Waals surface area contributed by atoms with Crippen molar-refractivity contribution in [3.63, 3.8) is 0 Å². The summed E-state index contributed by atoms with van der Waals surface area (Å²) in [6.07, 6.45) is 2.94. The van der Waals surface area contributed by atoms with Crippen molar-refractivity contribution >= 4 is 44.4 Å². The summed E-state index contributed by atoms with van der Waals surface area (Å²) in [6, 6.07) is 12.1. The molecule has 0 radical (unpaired) electrons. The summed E-state index contributed by atoms with van der Waals surface area (Å²) >= 11 is 3.27. The minimum Gasteiger partial charge on any atom is -0.309 e. The van der Waals surface area contributed by atoms with E-state index in [-0.39, 0.29) is 5.91 Å². The Bertz CT molecular complexity index is 925. The molecule has 0 saturated heterocycles. The van der Waals surface area contributed by atoms with Crippen molar-refractivity contribution in [1.29, 1.82) is 0 Å². The molecule has 3 aromatic rings. The third-order valence-corrected chi connectivity index (χ3v) is 6.58. The zero-order valence-corrected chi connectivity index (χ0v) is 18.8. The van der Waals surface area contributed by atoms with Crippen LogP contribution >= 0.6 is 23.1 Å². The first-order valence-electron chi connectivity index (χ1n) is 9.37. The fourth-order valence-electron chi connectivity index (χ4n) is 3.00. The number of carbonyl (C=O) groups excluding carboxylic acids is 1. The fraction of sp³-hybridized carbons (Fsp3) is 0.364. The molecule has 0 fully saturated rings. The summed E-state index contributed by atoms with van der Waals surface area (Å²) in [6.45, 7) is 5.79. The van der Waals surface area contributed by atoms with E-state index in [1.54, 1.807) is 23.1 Å². The maximum atomic E-state index is 13.3. The summed E-state index contributed by atoms with van der Waals surface area (Å²) in [5, 5.41) is 0.776. The van der Waals surface area contributed by atoms with Gasteiger partial charge in [0.15, 0.2) is 5.13 Å². The highest BCUT2D eigenvalue weighted by atomic mass is 32.2. The maximum Gasteiger partial charge on any atom is 0.260 e. The molecular formula is C22H27N3OS2. The molecule has 28 heavy (non-hydrogen) atoms. The Hall–Kier alpha value is -1.89. The van der Waals surface area contributed by atoms with Crippen LogP contribution in [-0.2, 0) is 0 Å². The topological polar surface area (TPSA) is 36.4 Å². The van der Waals surface area contributed by atoms with Crippen molar-refractivity contribution < 1.29 is 4.79 Å². The fourth-order valence-corrected chi connectivity index (χ4v) is 4.48. The average Bonchev–Trinajstić information content (AvgIpc) is 3.07. The zero-order valence-electron chi connectivity index (χ0n) is 17.2. The van der Waals surface area contributed by atoms with Gasteiger partial charge in [0.2, 0.25) is 0 Å². The van der Waals surface area contributed by atoms with Gasteiger partial charge in [0.1, 0.15) is 0 Å². The largest absolute Gasteiger partial charge is 0.309 e. The van der Waals surface area contributed by atoms with Crippen LogP contribution in [0, 0.1) is 13.8 Å². The smallest absolute Gasteiger partial charge is 0.260 e. The van der Waals surface area contributed by atoms with Crippen LogP contribution in [0.1, 0.15) is 27.9 Å². The van der Waals surface area contributed by atoms with Gasteiger partial charge in [-0.2, -0.15) is 0 Å². The van der Waals surface area contributed by atoms with Crippen LogP contribution in [0.5, 0.6) is 0 Å². The second-order valence-electron chi connectivity index (χ2n) is 7.24. The van der Waals surface area contributed by atoms with Crippen LogP contribution in [-0.4, -0.2) is 49.2 Å². The van der Waals surface area contributed by atoms with E-state index in [0.29, 0.717) is 12.1 Å². The molecule has 0 aliphatic heterocycles. The molecule has 0 atom stereocenters. The van der Waals surface area contributed by atoms with Crippen LogP contribution < -0.4 is 4.90 Å². The Morgan fingerprint density at radius 1 is 1.07 bits per heavy atom. The Morgan fingerprint density at radius 3 is 2.39 bits per heavy atom. The number of aromatic nitrogens is 1. The first-order valence-corrected chi connectivity index (χ1v) is 11.4. The molecule has 1 heterocycles. The molecule has 0 unspecified atom stereocenters. The Balaban J connectivity index is 1.94. The van der Waals surface area contributed by atoms with Gasteiger partial charge in [-0.1, -0.05) is 11.3 Å². The number of amides is 1. The van der Waals surface area contributed by atoms with E-state index in [1.807, 2.05) is 35.4 Å². The van der Waals surface area contributed by atoms with Crippen LogP contribution in [0.3, 0.4) is 0 Å². The van der Waals surface area contributed by atoms with E-state index in [4.69, 9.17) is 4.98 Å². The van der Waals surface area contributed by atoms with Crippen molar-refractivity contribution in [3.8, 4) is 0 Å². The molecule has 6 heteroatoms. The van der Waals surface area contributed by atoms with E-state index >= 15 is 0 Å². The van der Waals surface area contributed by atoms with Gasteiger partial charge in [0.25, 0.3) is 5.91 Å². The molecule has 0 spiro atoms. The van der Waals surface area contributed by atoms with Gasteiger partial charge in [0.05, 0.1) is 10.2 Å². The Kier molecular flexibility index (Phi) is 6.75. The van der Waals surface area contributed by atoms with Crippen LogP contribution in [0.2, 0.25) is 0 Å². The van der Waals surface area contributed by atoms with Gasteiger partial charge in [0, 0.05) is 17.0 Å². The van der Waals surface area contributed by atoms with Crippen LogP contribution in [0.25, 0.3) is 10.2 Å². The minimum absolute atomic E-state index is 0.0129. The lowest BCUT2D eigenvalue weighted by Gasteiger charge is -2.21. The van der Waals surface area contributed by atoms with Gasteiger partial charge in [-0.3, -0.25) is 9.69 Å². The third-order valence-electron chi connectivity index (χ3n) is 4.79. The van der Waals surface area contributed by atoms with Crippen LogP contribution in [0.4, 0.5) is 5.13 Å². The number of thiazole rings is 1. The molecular weight excluding hydrogens is 386 g/mol. The molecule has 0 N–H and O–H groups in total. The summed E-state index contributed by atoms with van der Waals surface area (Å²) in [5.41, 5.74) is 4.14. The molecule has 0 saturated carbocycles. The summed E-state index contributed by atoms with van der Waals surface area (Å²) in [7, 11) is 4.10. The molecule has 2 aromatic carbocycles. The predicted octanol–water partition coefficient (Wildman–Crippen LogP) is 5.23. The van der Waals surface area contributed by atoms with E-state index in [1.165, 1.54) is 11.1 Å². The third kappa shape index (κ3) is 4.74. The Labute approximate surface area is 175 Å². The summed E-state index contributed by atoms with van der Waals surface area (Å²) in [4.78, 5) is 23.2. The van der Waals surface area contributed by atoms with E-state index in [2.05, 4.69) is 45.0 Å².